The van der Waals surface area contributed by atoms with Crippen LogP contribution in [0.3, 0.4) is 0 Å². The van der Waals surface area contributed by atoms with Crippen molar-refractivity contribution in [2.24, 2.45) is 0 Å². The summed E-state index contributed by atoms with van der Waals surface area (Å²) in [6.07, 6.45) is 0. The number of aromatic nitrogens is 1. The molecule has 9 heteroatoms. The van der Waals surface area contributed by atoms with Crippen LogP contribution in [0.2, 0.25) is 0 Å². The van der Waals surface area contributed by atoms with Crippen molar-refractivity contribution in [3.8, 4) is 0 Å². The predicted molar refractivity (Wildman–Crippen MR) is 116 cm³/mol. The quantitative estimate of drug-likeness (QED) is 0.686. The van der Waals surface area contributed by atoms with Gasteiger partial charge in [-0.1, -0.05) is 11.8 Å². The van der Waals surface area contributed by atoms with Crippen LogP contribution in [0.4, 0.5) is 0 Å². The lowest BCUT2D eigenvalue weighted by Gasteiger charge is -2.17. The number of likely N-dealkylation sites (N-methyl/N-ethyl adjacent to an activating group) is 2. The first-order valence-electron chi connectivity index (χ1n) is 8.98. The molecular formula is C18H24N4O2S3. The second kappa shape index (κ2) is 7.44. The standard InChI is InChI=1S/C18H24N4O2S3/c1-7-20-10(4)11(5)26-17(20)13-15(24)21(8-2)16(27-13)12-14(23)22(9-3)18(25)19(12)6/h7-9H2,1-6H3/b16-12-,17-13-. The molecule has 0 saturated carbocycles. The van der Waals surface area contributed by atoms with Crippen LogP contribution >= 0.6 is 35.3 Å². The van der Waals surface area contributed by atoms with E-state index in [1.807, 2.05) is 13.8 Å². The number of carbonyl (C=O) groups is 1. The lowest BCUT2D eigenvalue weighted by atomic mass is 10.4. The van der Waals surface area contributed by atoms with Crippen LogP contribution in [0.1, 0.15) is 34.6 Å². The van der Waals surface area contributed by atoms with Crippen LogP contribution in [-0.4, -0.2) is 50.4 Å². The summed E-state index contributed by atoms with van der Waals surface area (Å²) in [4.78, 5) is 32.8. The van der Waals surface area contributed by atoms with Gasteiger partial charge in [0.05, 0.1) is 0 Å². The SMILES string of the molecule is CCN1C(=O)/C(=c2/s/c(=C3\SC(C)=C(C)N3CC)c(=O)n2CC)N(C)C1=S. The van der Waals surface area contributed by atoms with Crippen LogP contribution in [0.15, 0.2) is 15.4 Å². The highest BCUT2D eigenvalue weighted by molar-refractivity contribution is 8.11. The number of amides is 1. The molecule has 1 amide bonds. The summed E-state index contributed by atoms with van der Waals surface area (Å²) in [5.74, 6) is -0.137. The molecule has 27 heavy (non-hydrogen) atoms. The van der Waals surface area contributed by atoms with Crippen LogP contribution in [0.25, 0.3) is 10.7 Å². The first-order chi connectivity index (χ1) is 12.8. The average molecular weight is 425 g/mol. The largest absolute Gasteiger partial charge is 0.338 e. The fourth-order valence-corrected chi connectivity index (χ4v) is 6.21. The van der Waals surface area contributed by atoms with Crippen molar-refractivity contribution in [2.75, 3.05) is 20.1 Å². The van der Waals surface area contributed by atoms with Gasteiger partial charge in [0, 0.05) is 37.3 Å². The molecule has 1 aromatic rings. The highest BCUT2D eigenvalue weighted by Gasteiger charge is 2.36. The Balaban J connectivity index is 2.36. The van der Waals surface area contributed by atoms with E-state index >= 15 is 0 Å². The predicted octanol–water partition coefficient (Wildman–Crippen LogP) is 1.50. The Kier molecular flexibility index (Phi) is 5.56. The highest BCUT2D eigenvalue weighted by atomic mass is 32.2. The molecule has 0 atom stereocenters. The van der Waals surface area contributed by atoms with Crippen molar-refractivity contribution >= 4 is 57.1 Å². The topological polar surface area (TPSA) is 48.8 Å². The van der Waals surface area contributed by atoms with E-state index in [0.29, 0.717) is 33.1 Å². The number of carbonyl (C=O) groups excluding carboxylic acids is 1. The van der Waals surface area contributed by atoms with Crippen molar-refractivity contribution in [3.63, 3.8) is 0 Å². The number of nitrogens with zero attached hydrogens (tertiary/aromatic N) is 4. The number of thiocarbonyl (C=S) groups is 1. The molecule has 146 valence electrons. The summed E-state index contributed by atoms with van der Waals surface area (Å²) in [5.41, 5.74) is 1.62. The summed E-state index contributed by atoms with van der Waals surface area (Å²) >= 11 is 8.43. The van der Waals surface area contributed by atoms with Crippen molar-refractivity contribution in [1.29, 1.82) is 0 Å². The Morgan fingerprint density at radius 2 is 1.63 bits per heavy atom. The fourth-order valence-electron chi connectivity index (χ4n) is 3.32. The number of allylic oxidation sites excluding steroid dienone is 2. The van der Waals surface area contributed by atoms with E-state index in [-0.39, 0.29) is 11.5 Å². The fraction of sp³-hybridized carbons (Fsp3) is 0.500. The lowest BCUT2D eigenvalue weighted by molar-refractivity contribution is -0.120. The molecule has 0 N–H and O–H groups in total. The van der Waals surface area contributed by atoms with Crippen molar-refractivity contribution < 1.29 is 4.79 Å². The Morgan fingerprint density at radius 1 is 1.00 bits per heavy atom. The molecule has 1 fully saturated rings. The first kappa shape index (κ1) is 20.2. The molecular weight excluding hydrogens is 400 g/mol. The van der Waals surface area contributed by atoms with Crippen molar-refractivity contribution in [3.05, 3.63) is 30.2 Å². The Hall–Kier alpha value is -1.58. The molecule has 1 aromatic heterocycles. The molecule has 3 heterocycles. The number of thiazole rings is 1. The number of rotatable bonds is 3. The monoisotopic (exact) mass is 424 g/mol. The molecule has 0 spiro atoms. The molecule has 3 rings (SSSR count). The summed E-state index contributed by atoms with van der Waals surface area (Å²) < 4.78 is 3.05. The van der Waals surface area contributed by atoms with E-state index in [0.717, 1.165) is 11.6 Å². The van der Waals surface area contributed by atoms with Gasteiger partial charge in [-0.3, -0.25) is 19.1 Å². The maximum atomic E-state index is 13.2. The summed E-state index contributed by atoms with van der Waals surface area (Å²) in [6.45, 7) is 11.9. The van der Waals surface area contributed by atoms with Crippen molar-refractivity contribution in [2.45, 2.75) is 41.2 Å². The second-order valence-electron chi connectivity index (χ2n) is 6.32. The van der Waals surface area contributed by atoms with E-state index in [2.05, 4.69) is 25.7 Å². The molecule has 0 unspecified atom stereocenters. The molecule has 0 bridgehead atoms. The Labute approximate surface area is 172 Å². The van der Waals surface area contributed by atoms with Crippen LogP contribution < -0.4 is 14.8 Å². The van der Waals surface area contributed by atoms with E-state index in [4.69, 9.17) is 12.2 Å². The van der Waals surface area contributed by atoms with E-state index in [1.54, 1.807) is 33.2 Å². The molecule has 0 radical (unpaired) electrons. The first-order valence-corrected chi connectivity index (χ1v) is 11.0. The van der Waals surface area contributed by atoms with Gasteiger partial charge in [0.2, 0.25) is 0 Å². The molecule has 2 aliphatic heterocycles. The maximum absolute atomic E-state index is 13.2. The van der Waals surface area contributed by atoms with Gasteiger partial charge in [-0.25, -0.2) is 0 Å². The van der Waals surface area contributed by atoms with Crippen molar-refractivity contribution in [1.82, 2.24) is 19.3 Å². The smallest absolute Gasteiger partial charge is 0.279 e. The van der Waals surface area contributed by atoms with E-state index in [9.17, 15) is 9.59 Å². The zero-order valence-electron chi connectivity index (χ0n) is 16.5. The van der Waals surface area contributed by atoms with Gasteiger partial charge in [-0.2, -0.15) is 0 Å². The third kappa shape index (κ3) is 2.96. The number of hydrogen-bond acceptors (Lipinski definition) is 6. The average Bonchev–Trinajstić information content (AvgIpc) is 3.18. The molecule has 0 aliphatic carbocycles. The van der Waals surface area contributed by atoms with Crippen LogP contribution in [-0.2, 0) is 11.3 Å². The Bertz CT molecular complexity index is 1030. The minimum atomic E-state index is -0.137. The Morgan fingerprint density at radius 3 is 2.15 bits per heavy atom. The number of thioether (sulfide) groups is 1. The van der Waals surface area contributed by atoms with Crippen LogP contribution in [0, 0.1) is 0 Å². The third-order valence-corrected chi connectivity index (χ3v) is 7.96. The van der Waals surface area contributed by atoms with Gasteiger partial charge in [0.1, 0.15) is 19.9 Å². The molecule has 2 aliphatic rings. The zero-order valence-corrected chi connectivity index (χ0v) is 18.9. The minimum absolute atomic E-state index is 0.0458. The third-order valence-electron chi connectivity index (χ3n) is 4.94. The maximum Gasteiger partial charge on any atom is 0.279 e. The van der Waals surface area contributed by atoms with Gasteiger partial charge in [-0.15, -0.1) is 11.3 Å². The van der Waals surface area contributed by atoms with Gasteiger partial charge in [0.15, 0.2) is 5.11 Å². The van der Waals surface area contributed by atoms with Gasteiger partial charge in [-0.05, 0) is 46.8 Å². The summed E-state index contributed by atoms with van der Waals surface area (Å²) in [5, 5.41) is 1.44. The second-order valence-corrected chi connectivity index (χ2v) is 8.89. The van der Waals surface area contributed by atoms with Crippen LogP contribution in [0.5, 0.6) is 0 Å². The summed E-state index contributed by atoms with van der Waals surface area (Å²) in [6, 6.07) is 0. The van der Waals surface area contributed by atoms with Gasteiger partial charge < -0.3 is 9.80 Å². The molecule has 0 aromatic carbocycles. The highest BCUT2D eigenvalue weighted by Crippen LogP contribution is 2.40. The summed E-state index contributed by atoms with van der Waals surface area (Å²) in [7, 11) is 1.79. The van der Waals surface area contributed by atoms with E-state index < -0.39 is 0 Å². The zero-order chi connectivity index (χ0) is 20.0. The molecule has 1 saturated heterocycles. The minimum Gasteiger partial charge on any atom is -0.338 e. The van der Waals surface area contributed by atoms with Gasteiger partial charge >= 0.3 is 0 Å². The number of hydrogen-bond donors (Lipinski definition) is 0. The molecule has 6 nitrogen and oxygen atoms in total. The lowest BCUT2D eigenvalue weighted by Crippen LogP contribution is -2.35. The van der Waals surface area contributed by atoms with E-state index in [1.165, 1.54) is 21.9 Å². The van der Waals surface area contributed by atoms with Gasteiger partial charge in [0.25, 0.3) is 11.5 Å². The normalized spacial score (nSPS) is 22.1.